The van der Waals surface area contributed by atoms with Crippen LogP contribution in [-0.2, 0) is 19.6 Å². The van der Waals surface area contributed by atoms with E-state index in [2.05, 4.69) is 5.32 Å². The molecule has 0 radical (unpaired) electrons. The first-order chi connectivity index (χ1) is 17.0. The largest absolute Gasteiger partial charge is 0.492 e. The normalized spacial score (nSPS) is 15.5. The molecule has 1 heterocycles. The highest BCUT2D eigenvalue weighted by Gasteiger charge is 2.26. The SMILES string of the molecule is CCC(Oc1ccc2ccccc2c1)C(=O)NCCOc1ccc(S(=O)(=O)N2CCOCC2)cc1. The first-order valence-electron chi connectivity index (χ1n) is 11.7. The molecule has 1 aliphatic rings. The van der Waals surface area contributed by atoms with Crippen molar-refractivity contribution < 1.29 is 27.4 Å². The summed E-state index contributed by atoms with van der Waals surface area (Å²) in [4.78, 5) is 12.8. The molecule has 0 aliphatic carbocycles. The van der Waals surface area contributed by atoms with E-state index in [0.29, 0.717) is 50.8 Å². The molecular formula is C26H30N2O6S. The van der Waals surface area contributed by atoms with Gasteiger partial charge in [-0.05, 0) is 53.6 Å². The summed E-state index contributed by atoms with van der Waals surface area (Å²) in [6, 6.07) is 20.0. The van der Waals surface area contributed by atoms with Gasteiger partial charge in [-0.3, -0.25) is 4.79 Å². The fourth-order valence-corrected chi connectivity index (χ4v) is 5.24. The van der Waals surface area contributed by atoms with Gasteiger partial charge in [-0.15, -0.1) is 0 Å². The summed E-state index contributed by atoms with van der Waals surface area (Å²) in [6.07, 6.45) is -0.0839. The minimum Gasteiger partial charge on any atom is -0.492 e. The zero-order valence-electron chi connectivity index (χ0n) is 19.7. The summed E-state index contributed by atoms with van der Waals surface area (Å²) < 4.78 is 43.6. The van der Waals surface area contributed by atoms with Gasteiger partial charge in [0.05, 0.1) is 24.7 Å². The minimum atomic E-state index is -3.54. The average Bonchev–Trinajstić information content (AvgIpc) is 2.90. The van der Waals surface area contributed by atoms with Crippen LogP contribution in [0.15, 0.2) is 71.6 Å². The second kappa shape index (κ2) is 11.5. The number of carbonyl (C=O) groups is 1. The van der Waals surface area contributed by atoms with Crippen molar-refractivity contribution in [1.29, 1.82) is 0 Å². The molecular weight excluding hydrogens is 468 g/mol. The van der Waals surface area contributed by atoms with Crippen LogP contribution in [0, 0.1) is 0 Å². The van der Waals surface area contributed by atoms with Gasteiger partial charge in [0.2, 0.25) is 10.0 Å². The number of fused-ring (bicyclic) bond motifs is 1. The van der Waals surface area contributed by atoms with Gasteiger partial charge in [-0.25, -0.2) is 8.42 Å². The Hall–Kier alpha value is -3.14. The summed E-state index contributed by atoms with van der Waals surface area (Å²) in [5, 5.41) is 5.00. The van der Waals surface area contributed by atoms with E-state index in [1.165, 1.54) is 16.4 Å². The highest BCUT2D eigenvalue weighted by atomic mass is 32.2. The standard InChI is InChI=1S/C26H30N2O6S/c1-2-25(34-23-8-7-20-5-3-4-6-21(20)19-23)26(29)27-13-16-33-22-9-11-24(12-10-22)35(30,31)28-14-17-32-18-15-28/h3-12,19,25H,2,13-18H2,1H3,(H,27,29). The second-order valence-corrected chi connectivity index (χ2v) is 10.1. The third-order valence-electron chi connectivity index (χ3n) is 5.76. The highest BCUT2D eigenvalue weighted by molar-refractivity contribution is 7.89. The lowest BCUT2D eigenvalue weighted by atomic mass is 10.1. The van der Waals surface area contributed by atoms with Gasteiger partial charge in [0, 0.05) is 13.1 Å². The number of nitrogens with zero attached hydrogens (tertiary/aromatic N) is 1. The van der Waals surface area contributed by atoms with Gasteiger partial charge < -0.3 is 19.5 Å². The van der Waals surface area contributed by atoms with Crippen LogP contribution < -0.4 is 14.8 Å². The number of carbonyl (C=O) groups excluding carboxylic acids is 1. The van der Waals surface area contributed by atoms with Gasteiger partial charge >= 0.3 is 0 Å². The number of benzene rings is 3. The molecule has 1 aliphatic heterocycles. The maximum Gasteiger partial charge on any atom is 0.261 e. The topological polar surface area (TPSA) is 94.2 Å². The molecule has 3 aromatic rings. The third kappa shape index (κ3) is 6.30. The van der Waals surface area contributed by atoms with Gasteiger partial charge in [0.15, 0.2) is 6.10 Å². The van der Waals surface area contributed by atoms with Crippen LogP contribution in [-0.4, -0.2) is 64.2 Å². The number of sulfonamides is 1. The zero-order chi connectivity index (χ0) is 24.7. The Balaban J connectivity index is 1.24. The molecule has 0 aromatic heterocycles. The average molecular weight is 499 g/mol. The van der Waals surface area contributed by atoms with E-state index in [9.17, 15) is 13.2 Å². The predicted molar refractivity (Wildman–Crippen MR) is 133 cm³/mol. The van der Waals surface area contributed by atoms with Gasteiger partial charge in [0.1, 0.15) is 18.1 Å². The van der Waals surface area contributed by atoms with Gasteiger partial charge in [0.25, 0.3) is 5.91 Å². The number of ether oxygens (including phenoxy) is 3. The number of morpholine rings is 1. The van der Waals surface area contributed by atoms with Crippen molar-refractivity contribution >= 4 is 26.7 Å². The van der Waals surface area contributed by atoms with Crippen molar-refractivity contribution in [1.82, 2.24) is 9.62 Å². The van der Waals surface area contributed by atoms with Crippen LogP contribution in [0.4, 0.5) is 0 Å². The molecule has 0 spiro atoms. The lowest BCUT2D eigenvalue weighted by Crippen LogP contribution is -2.40. The van der Waals surface area contributed by atoms with E-state index in [1.54, 1.807) is 12.1 Å². The molecule has 1 N–H and O–H groups in total. The fraction of sp³-hybridized carbons (Fsp3) is 0.346. The first-order valence-corrected chi connectivity index (χ1v) is 13.2. The number of hydrogen-bond donors (Lipinski definition) is 1. The Bertz CT molecular complexity index is 1240. The second-order valence-electron chi connectivity index (χ2n) is 8.15. The Morgan fingerprint density at radius 1 is 1.00 bits per heavy atom. The maximum atomic E-state index is 12.7. The van der Waals surface area contributed by atoms with Crippen LogP contribution in [0.1, 0.15) is 13.3 Å². The molecule has 8 nitrogen and oxygen atoms in total. The summed E-state index contributed by atoms with van der Waals surface area (Å²) in [6.45, 7) is 3.94. The molecule has 186 valence electrons. The lowest BCUT2D eigenvalue weighted by molar-refractivity contribution is -0.128. The Kier molecular flexibility index (Phi) is 8.22. The van der Waals surface area contributed by atoms with E-state index in [-0.39, 0.29) is 17.4 Å². The zero-order valence-corrected chi connectivity index (χ0v) is 20.5. The molecule has 1 unspecified atom stereocenters. The Labute approximate surface area is 205 Å². The van der Waals surface area contributed by atoms with Crippen molar-refractivity contribution in [3.05, 3.63) is 66.7 Å². The maximum absolute atomic E-state index is 12.7. The lowest BCUT2D eigenvalue weighted by Gasteiger charge is -2.26. The number of amides is 1. The number of nitrogens with one attached hydrogen (secondary N) is 1. The highest BCUT2D eigenvalue weighted by Crippen LogP contribution is 2.22. The van der Waals surface area contributed by atoms with Crippen molar-refractivity contribution in [2.45, 2.75) is 24.3 Å². The fourth-order valence-electron chi connectivity index (χ4n) is 3.83. The van der Waals surface area contributed by atoms with E-state index in [1.807, 2.05) is 49.4 Å². The minimum absolute atomic E-state index is 0.212. The number of hydrogen-bond acceptors (Lipinski definition) is 6. The van der Waals surface area contributed by atoms with Crippen LogP contribution in [0.5, 0.6) is 11.5 Å². The van der Waals surface area contributed by atoms with Crippen LogP contribution in [0.25, 0.3) is 10.8 Å². The molecule has 0 bridgehead atoms. The van der Waals surface area contributed by atoms with Crippen molar-refractivity contribution in [2.24, 2.45) is 0 Å². The smallest absolute Gasteiger partial charge is 0.261 e. The van der Waals surface area contributed by atoms with E-state index >= 15 is 0 Å². The number of rotatable bonds is 10. The van der Waals surface area contributed by atoms with Crippen molar-refractivity contribution in [3.8, 4) is 11.5 Å². The molecule has 35 heavy (non-hydrogen) atoms. The van der Waals surface area contributed by atoms with E-state index in [0.717, 1.165) is 10.8 Å². The monoisotopic (exact) mass is 498 g/mol. The Morgan fingerprint density at radius 3 is 2.40 bits per heavy atom. The summed E-state index contributed by atoms with van der Waals surface area (Å²) in [5.41, 5.74) is 0. The summed E-state index contributed by atoms with van der Waals surface area (Å²) in [5.74, 6) is 0.963. The summed E-state index contributed by atoms with van der Waals surface area (Å²) >= 11 is 0. The molecule has 4 rings (SSSR count). The molecule has 9 heteroatoms. The van der Waals surface area contributed by atoms with Crippen LogP contribution >= 0.6 is 0 Å². The molecule has 1 saturated heterocycles. The van der Waals surface area contributed by atoms with Crippen LogP contribution in [0.3, 0.4) is 0 Å². The molecule has 3 aromatic carbocycles. The van der Waals surface area contributed by atoms with E-state index in [4.69, 9.17) is 14.2 Å². The predicted octanol–water partition coefficient (Wildman–Crippen LogP) is 3.21. The quantitative estimate of drug-likeness (QED) is 0.432. The summed E-state index contributed by atoms with van der Waals surface area (Å²) in [7, 11) is -3.54. The van der Waals surface area contributed by atoms with Crippen LogP contribution in [0.2, 0.25) is 0 Å². The third-order valence-corrected chi connectivity index (χ3v) is 7.68. The van der Waals surface area contributed by atoms with Crippen molar-refractivity contribution in [2.75, 3.05) is 39.5 Å². The van der Waals surface area contributed by atoms with Gasteiger partial charge in [-0.2, -0.15) is 4.31 Å². The molecule has 1 fully saturated rings. The van der Waals surface area contributed by atoms with Crippen molar-refractivity contribution in [3.63, 3.8) is 0 Å². The molecule has 0 saturated carbocycles. The van der Waals surface area contributed by atoms with E-state index < -0.39 is 16.1 Å². The Morgan fingerprint density at radius 2 is 1.69 bits per heavy atom. The first kappa shape index (κ1) is 25.0. The molecule has 1 amide bonds. The molecule has 1 atom stereocenters. The van der Waals surface area contributed by atoms with Gasteiger partial charge in [-0.1, -0.05) is 37.3 Å².